The molecule has 5 heteroatoms. The molecule has 2 aliphatic heterocycles. The van der Waals surface area contributed by atoms with E-state index in [1.807, 2.05) is 0 Å². The second-order valence-electron chi connectivity index (χ2n) is 8.56. The van der Waals surface area contributed by atoms with E-state index in [9.17, 15) is 4.79 Å². The van der Waals surface area contributed by atoms with Gasteiger partial charge in [-0.2, -0.15) is 0 Å². The maximum Gasteiger partial charge on any atom is 0.223 e. The third kappa shape index (κ3) is 3.01. The normalized spacial score (nSPS) is 25.3. The Hall–Kier alpha value is -1.08. The highest BCUT2D eigenvalue weighted by Gasteiger charge is 2.40. The van der Waals surface area contributed by atoms with Crippen LogP contribution in [0.3, 0.4) is 0 Å². The second-order valence-corrected chi connectivity index (χ2v) is 9.81. The van der Waals surface area contributed by atoms with E-state index >= 15 is 0 Å². The summed E-state index contributed by atoms with van der Waals surface area (Å²) in [5.41, 5.74) is 4.42. The minimum atomic E-state index is 0.256. The molecule has 0 radical (unpaired) electrons. The zero-order chi connectivity index (χ0) is 18.5. The number of nitrogens with one attached hydrogen (secondary N) is 1. The quantitative estimate of drug-likeness (QED) is 0.669. The molecule has 0 spiro atoms. The standard InChI is InChI=1S/C22H28IN3O/c1-25-16-7-9-19(25)21-17-12-15(23)6-8-18(17)26(20(21)13-16)11-10-24-22(27)14-4-2-3-5-14/h6,8,12,14,16,19H,2-5,7,9-11,13H2,1H3,(H,24,27). The van der Waals surface area contributed by atoms with E-state index < -0.39 is 0 Å². The molecule has 2 aromatic rings. The number of benzene rings is 1. The van der Waals surface area contributed by atoms with Crippen molar-refractivity contribution in [2.45, 2.75) is 63.6 Å². The molecular weight excluding hydrogens is 449 g/mol. The molecule has 2 unspecified atom stereocenters. The molecule has 1 N–H and O–H groups in total. The van der Waals surface area contributed by atoms with E-state index in [0.29, 0.717) is 12.1 Å². The molecule has 3 aliphatic rings. The van der Waals surface area contributed by atoms with Crippen molar-refractivity contribution < 1.29 is 4.79 Å². The molecular formula is C22H28IN3O. The summed E-state index contributed by atoms with van der Waals surface area (Å²) < 4.78 is 3.81. The first-order valence-electron chi connectivity index (χ1n) is 10.4. The van der Waals surface area contributed by atoms with Gasteiger partial charge in [-0.25, -0.2) is 0 Å². The molecule has 1 aromatic carbocycles. The number of rotatable bonds is 4. The molecule has 4 nitrogen and oxygen atoms in total. The molecule has 144 valence electrons. The minimum absolute atomic E-state index is 0.256. The smallest absolute Gasteiger partial charge is 0.223 e. The summed E-state index contributed by atoms with van der Waals surface area (Å²) >= 11 is 2.43. The second kappa shape index (κ2) is 7.07. The molecule has 1 saturated carbocycles. The molecule has 2 bridgehead atoms. The van der Waals surface area contributed by atoms with Gasteiger partial charge < -0.3 is 9.88 Å². The molecule has 1 amide bonds. The highest BCUT2D eigenvalue weighted by molar-refractivity contribution is 14.1. The average Bonchev–Trinajstić information content (AvgIpc) is 3.33. The van der Waals surface area contributed by atoms with Crippen LogP contribution >= 0.6 is 22.6 Å². The van der Waals surface area contributed by atoms with Gasteiger partial charge in [0.25, 0.3) is 0 Å². The minimum Gasteiger partial charge on any atom is -0.354 e. The van der Waals surface area contributed by atoms with Crippen molar-refractivity contribution in [2.24, 2.45) is 5.92 Å². The Balaban J connectivity index is 1.44. The van der Waals surface area contributed by atoms with Gasteiger partial charge in [-0.05, 0) is 79.1 Å². The van der Waals surface area contributed by atoms with E-state index in [4.69, 9.17) is 0 Å². The molecule has 1 aromatic heterocycles. The lowest BCUT2D eigenvalue weighted by Crippen LogP contribution is -2.35. The van der Waals surface area contributed by atoms with Crippen molar-refractivity contribution in [3.05, 3.63) is 33.0 Å². The van der Waals surface area contributed by atoms with Crippen LogP contribution in [0.2, 0.25) is 0 Å². The fourth-order valence-corrected chi connectivity index (χ4v) is 6.20. The number of carbonyl (C=O) groups is 1. The van der Waals surface area contributed by atoms with Crippen molar-refractivity contribution in [2.75, 3.05) is 13.6 Å². The number of hydrogen-bond acceptors (Lipinski definition) is 2. The lowest BCUT2D eigenvalue weighted by atomic mass is 9.97. The molecule has 2 fully saturated rings. The summed E-state index contributed by atoms with van der Waals surface area (Å²) in [5, 5.41) is 4.65. The number of likely N-dealkylation sites (N-methyl/N-ethyl adjacent to an activating group) is 1. The Kier molecular flexibility index (Phi) is 4.71. The van der Waals surface area contributed by atoms with Crippen LogP contribution in [-0.2, 0) is 17.8 Å². The summed E-state index contributed by atoms with van der Waals surface area (Å²) in [6, 6.07) is 8.09. The van der Waals surface area contributed by atoms with E-state index in [2.05, 4.69) is 62.6 Å². The van der Waals surface area contributed by atoms with E-state index in [-0.39, 0.29) is 11.8 Å². The van der Waals surface area contributed by atoms with Crippen LogP contribution in [0.25, 0.3) is 10.9 Å². The van der Waals surface area contributed by atoms with Crippen LogP contribution in [0, 0.1) is 9.49 Å². The maximum atomic E-state index is 12.4. The van der Waals surface area contributed by atoms with E-state index in [1.165, 1.54) is 45.9 Å². The topological polar surface area (TPSA) is 37.3 Å². The van der Waals surface area contributed by atoms with Gasteiger partial charge in [0.15, 0.2) is 0 Å². The predicted octanol–water partition coefficient (Wildman–Crippen LogP) is 4.24. The van der Waals surface area contributed by atoms with Crippen LogP contribution in [0.5, 0.6) is 0 Å². The molecule has 5 rings (SSSR count). The third-order valence-electron chi connectivity index (χ3n) is 7.14. The summed E-state index contributed by atoms with van der Waals surface area (Å²) in [6.07, 6.45) is 8.29. The first-order chi connectivity index (χ1) is 13.1. The van der Waals surface area contributed by atoms with Gasteiger partial charge in [0, 0.05) is 57.7 Å². The number of nitrogens with zero attached hydrogens (tertiary/aromatic N) is 2. The number of halogens is 1. The highest BCUT2D eigenvalue weighted by Crippen LogP contribution is 2.46. The van der Waals surface area contributed by atoms with Crippen molar-refractivity contribution in [1.29, 1.82) is 0 Å². The fourth-order valence-electron chi connectivity index (χ4n) is 5.71. The summed E-state index contributed by atoms with van der Waals surface area (Å²) in [7, 11) is 2.30. The monoisotopic (exact) mass is 477 g/mol. The summed E-state index contributed by atoms with van der Waals surface area (Å²) in [6.45, 7) is 1.62. The Morgan fingerprint density at radius 1 is 1.22 bits per heavy atom. The molecule has 2 atom stereocenters. The van der Waals surface area contributed by atoms with Crippen molar-refractivity contribution in [1.82, 2.24) is 14.8 Å². The lowest BCUT2D eigenvalue weighted by molar-refractivity contribution is -0.124. The zero-order valence-corrected chi connectivity index (χ0v) is 18.2. The molecule has 1 saturated heterocycles. The number of carbonyl (C=O) groups excluding carboxylic acids is 1. The highest BCUT2D eigenvalue weighted by atomic mass is 127. The van der Waals surface area contributed by atoms with Gasteiger partial charge in [0.1, 0.15) is 0 Å². The largest absolute Gasteiger partial charge is 0.354 e. The number of amides is 1. The SMILES string of the molecule is CN1C2CCC1c1c(n(CCNC(=O)C3CCCC3)c3ccc(I)cc13)C2. The average molecular weight is 477 g/mol. The van der Waals surface area contributed by atoms with Crippen LogP contribution in [0.1, 0.15) is 55.8 Å². The number of fused-ring (bicyclic) bond motifs is 6. The maximum absolute atomic E-state index is 12.4. The van der Waals surface area contributed by atoms with Crippen LogP contribution in [0.4, 0.5) is 0 Å². The van der Waals surface area contributed by atoms with Gasteiger partial charge in [-0.3, -0.25) is 9.69 Å². The first kappa shape index (κ1) is 18.0. The Labute approximate surface area is 174 Å². The third-order valence-corrected chi connectivity index (χ3v) is 7.81. The summed E-state index contributed by atoms with van der Waals surface area (Å²) in [5.74, 6) is 0.526. The Bertz CT molecular complexity index is 883. The molecule has 3 heterocycles. The fraction of sp³-hybridized carbons (Fsp3) is 0.591. The molecule has 1 aliphatic carbocycles. The van der Waals surface area contributed by atoms with Gasteiger partial charge in [-0.1, -0.05) is 12.8 Å². The Morgan fingerprint density at radius 2 is 2.04 bits per heavy atom. The summed E-state index contributed by atoms with van der Waals surface area (Å²) in [4.78, 5) is 15.0. The molecule has 27 heavy (non-hydrogen) atoms. The van der Waals surface area contributed by atoms with Gasteiger partial charge >= 0.3 is 0 Å². The van der Waals surface area contributed by atoms with Gasteiger partial charge in [0.05, 0.1) is 0 Å². The number of hydrogen-bond donors (Lipinski definition) is 1. The van der Waals surface area contributed by atoms with Crippen molar-refractivity contribution in [3.63, 3.8) is 0 Å². The lowest BCUT2D eigenvalue weighted by Gasteiger charge is -2.32. The van der Waals surface area contributed by atoms with Gasteiger partial charge in [-0.15, -0.1) is 0 Å². The first-order valence-corrected chi connectivity index (χ1v) is 11.5. The van der Waals surface area contributed by atoms with Crippen molar-refractivity contribution >= 4 is 39.4 Å². The number of aromatic nitrogens is 1. The van der Waals surface area contributed by atoms with Crippen LogP contribution in [-0.4, -0.2) is 35.0 Å². The van der Waals surface area contributed by atoms with Crippen molar-refractivity contribution in [3.8, 4) is 0 Å². The van der Waals surface area contributed by atoms with Gasteiger partial charge in [0.2, 0.25) is 5.91 Å². The van der Waals surface area contributed by atoms with Crippen LogP contribution < -0.4 is 5.32 Å². The zero-order valence-electron chi connectivity index (χ0n) is 16.0. The predicted molar refractivity (Wildman–Crippen MR) is 117 cm³/mol. The van der Waals surface area contributed by atoms with E-state index in [1.54, 1.807) is 5.56 Å². The Morgan fingerprint density at radius 3 is 2.85 bits per heavy atom. The van der Waals surface area contributed by atoms with E-state index in [0.717, 1.165) is 32.4 Å². The van der Waals surface area contributed by atoms with Crippen LogP contribution in [0.15, 0.2) is 18.2 Å².